The predicted octanol–water partition coefficient (Wildman–Crippen LogP) is 4.38. The molecule has 192 valence electrons. The highest BCUT2D eigenvalue weighted by Gasteiger charge is 2.61. The second kappa shape index (κ2) is 8.57. The number of hydrogen-bond acceptors (Lipinski definition) is 4. The molecule has 1 heterocycles. The Morgan fingerprint density at radius 2 is 1.56 bits per heavy atom. The van der Waals surface area contributed by atoms with E-state index in [2.05, 4.69) is 32.6 Å². The van der Waals surface area contributed by atoms with Crippen LogP contribution in [0.4, 0.5) is 0 Å². The molecule has 0 aromatic carbocycles. The van der Waals surface area contributed by atoms with Gasteiger partial charge in [-0.15, -0.1) is 0 Å². The van der Waals surface area contributed by atoms with Gasteiger partial charge in [0.2, 0.25) is 5.91 Å². The lowest BCUT2D eigenvalue weighted by atomic mass is 9.44. The number of nitrogens with zero attached hydrogens (tertiary/aromatic N) is 2. The van der Waals surface area contributed by atoms with E-state index in [0.717, 1.165) is 56.8 Å². The maximum atomic E-state index is 13.6. The van der Waals surface area contributed by atoms with Crippen LogP contribution < -0.4 is 0 Å². The molecule has 0 radical (unpaired) electrons. The molecule has 4 aliphatic carbocycles. The maximum Gasteiger partial charge on any atom is 0.219 e. The van der Waals surface area contributed by atoms with Crippen LogP contribution in [0.15, 0.2) is 0 Å². The minimum atomic E-state index is -0.526. The van der Waals surface area contributed by atoms with Gasteiger partial charge in [0.05, 0.1) is 12.1 Å². The van der Waals surface area contributed by atoms with Crippen molar-refractivity contribution in [2.24, 2.45) is 46.3 Å². The van der Waals surface area contributed by atoms with Crippen molar-refractivity contribution in [3.63, 3.8) is 0 Å². The summed E-state index contributed by atoms with van der Waals surface area (Å²) in [5, 5.41) is 11.0. The topological polar surface area (TPSA) is 60.9 Å². The first kappa shape index (κ1) is 24.7. The Morgan fingerprint density at radius 1 is 0.912 bits per heavy atom. The zero-order valence-electron chi connectivity index (χ0n) is 22.3. The van der Waals surface area contributed by atoms with E-state index in [-0.39, 0.29) is 22.7 Å². The van der Waals surface area contributed by atoms with E-state index in [4.69, 9.17) is 0 Å². The third-order valence-electron chi connectivity index (χ3n) is 12.0. The van der Waals surface area contributed by atoms with Crippen molar-refractivity contribution in [3.8, 4) is 0 Å². The second-order valence-corrected chi connectivity index (χ2v) is 13.8. The lowest BCUT2D eigenvalue weighted by molar-refractivity contribution is -0.161. The minimum absolute atomic E-state index is 0.147. The van der Waals surface area contributed by atoms with Crippen LogP contribution in [0.1, 0.15) is 86.0 Å². The monoisotopic (exact) mass is 472 g/mol. The first-order valence-electron chi connectivity index (χ1n) is 14.2. The van der Waals surface area contributed by atoms with Gasteiger partial charge in [0.25, 0.3) is 0 Å². The number of aliphatic hydroxyl groups is 1. The van der Waals surface area contributed by atoms with Crippen molar-refractivity contribution in [2.75, 3.05) is 32.7 Å². The SMILES string of the molecule is CC(=O)N1CCN(CC(=O)[C@H]2CC[C@H]3[C@@H]4CC[C@@]5(C)C[C@](C)(O)[C@H](C)C[C@@H]5[C@H]4CC[C@]23C)CC1. The van der Waals surface area contributed by atoms with Gasteiger partial charge in [-0.1, -0.05) is 20.8 Å². The largest absolute Gasteiger partial charge is 0.390 e. The van der Waals surface area contributed by atoms with Gasteiger partial charge in [-0.05, 0) is 98.7 Å². The summed E-state index contributed by atoms with van der Waals surface area (Å²) in [5.41, 5.74) is -0.0816. The summed E-state index contributed by atoms with van der Waals surface area (Å²) in [6.07, 6.45) is 9.42. The number of Topliss-reactive ketones (excluding diaryl/α,β-unsaturated/α-hetero) is 1. The molecular formula is C29H48N2O3. The number of carbonyl (C=O) groups is 2. The van der Waals surface area contributed by atoms with E-state index in [1.54, 1.807) is 6.92 Å². The highest BCUT2D eigenvalue weighted by atomic mass is 16.3. The average Bonchev–Trinajstić information content (AvgIpc) is 3.12. The number of hydrogen-bond donors (Lipinski definition) is 1. The van der Waals surface area contributed by atoms with Crippen LogP contribution in [0, 0.1) is 46.3 Å². The smallest absolute Gasteiger partial charge is 0.219 e. The van der Waals surface area contributed by atoms with E-state index in [0.29, 0.717) is 24.2 Å². The van der Waals surface area contributed by atoms with Gasteiger partial charge >= 0.3 is 0 Å². The maximum absolute atomic E-state index is 13.6. The van der Waals surface area contributed by atoms with Gasteiger partial charge in [0, 0.05) is 39.0 Å². The third-order valence-corrected chi connectivity index (χ3v) is 12.0. The van der Waals surface area contributed by atoms with Crippen LogP contribution in [0.2, 0.25) is 0 Å². The fraction of sp³-hybridized carbons (Fsp3) is 0.931. The molecule has 4 saturated carbocycles. The summed E-state index contributed by atoms with van der Waals surface area (Å²) in [4.78, 5) is 29.4. The standard InChI is InChI=1S/C29H48N2O3/c1-19-16-25-22-9-11-28(4)23(21(22)8-10-27(25,3)18-29(19,5)34)6-7-24(28)26(33)17-30-12-14-31(15-13-30)20(2)32/h19,21-25,34H,6-18H2,1-5H3/t19-,21-,22+,23+,24-,25-,27+,28+,29+/m1/s1. The fourth-order valence-electron chi connectivity index (χ4n) is 9.82. The van der Waals surface area contributed by atoms with E-state index in [1.165, 1.54) is 38.5 Å². The van der Waals surface area contributed by atoms with Crippen LogP contribution in [0.25, 0.3) is 0 Å². The number of ketones is 1. The highest BCUT2D eigenvalue weighted by molar-refractivity contribution is 5.84. The third kappa shape index (κ3) is 3.97. The van der Waals surface area contributed by atoms with Crippen molar-refractivity contribution < 1.29 is 14.7 Å². The first-order chi connectivity index (χ1) is 15.9. The first-order valence-corrected chi connectivity index (χ1v) is 14.2. The Hall–Kier alpha value is -0.940. The fourth-order valence-corrected chi connectivity index (χ4v) is 9.82. The molecule has 0 bridgehead atoms. The summed E-state index contributed by atoms with van der Waals surface area (Å²) in [5.74, 6) is 4.17. The Bertz CT molecular complexity index is 818. The summed E-state index contributed by atoms with van der Waals surface area (Å²) >= 11 is 0. The Labute approximate surface area is 207 Å². The molecule has 5 aliphatic rings. The van der Waals surface area contributed by atoms with Gasteiger partial charge < -0.3 is 10.0 Å². The van der Waals surface area contributed by atoms with Gasteiger partial charge in [0.1, 0.15) is 5.78 Å². The molecule has 1 aliphatic heterocycles. The molecule has 0 aromatic rings. The lowest BCUT2D eigenvalue weighted by Gasteiger charge is -2.62. The van der Waals surface area contributed by atoms with E-state index in [9.17, 15) is 14.7 Å². The Balaban J connectivity index is 1.26. The lowest BCUT2D eigenvalue weighted by Crippen LogP contribution is -2.57. The molecule has 0 unspecified atom stereocenters. The molecule has 5 fully saturated rings. The zero-order chi connectivity index (χ0) is 24.5. The second-order valence-electron chi connectivity index (χ2n) is 13.8. The van der Waals surface area contributed by atoms with Crippen LogP contribution >= 0.6 is 0 Å². The van der Waals surface area contributed by atoms with Gasteiger partial charge in [-0.2, -0.15) is 0 Å². The van der Waals surface area contributed by atoms with E-state index >= 15 is 0 Å². The van der Waals surface area contributed by atoms with Crippen LogP contribution in [-0.2, 0) is 9.59 Å². The number of carbonyl (C=O) groups excluding carboxylic acids is 2. The van der Waals surface area contributed by atoms with Crippen molar-refractivity contribution >= 4 is 11.7 Å². The van der Waals surface area contributed by atoms with Crippen molar-refractivity contribution in [2.45, 2.75) is 91.6 Å². The number of amides is 1. The normalized spacial score (nSPS) is 49.2. The number of piperazine rings is 1. The van der Waals surface area contributed by atoms with Crippen molar-refractivity contribution in [1.82, 2.24) is 9.80 Å². The molecular weight excluding hydrogens is 424 g/mol. The van der Waals surface area contributed by atoms with Crippen LogP contribution in [0.5, 0.6) is 0 Å². The van der Waals surface area contributed by atoms with E-state index < -0.39 is 5.60 Å². The van der Waals surface area contributed by atoms with Crippen molar-refractivity contribution in [3.05, 3.63) is 0 Å². The summed E-state index contributed by atoms with van der Waals surface area (Å²) in [6.45, 7) is 14.6. The molecule has 9 atom stereocenters. The minimum Gasteiger partial charge on any atom is -0.390 e. The molecule has 34 heavy (non-hydrogen) atoms. The Kier molecular flexibility index (Phi) is 6.24. The molecule has 0 spiro atoms. The van der Waals surface area contributed by atoms with E-state index in [1.807, 2.05) is 4.90 Å². The quantitative estimate of drug-likeness (QED) is 0.662. The molecule has 1 N–H and O–H groups in total. The number of fused-ring (bicyclic) bond motifs is 5. The predicted molar refractivity (Wildman–Crippen MR) is 134 cm³/mol. The zero-order valence-corrected chi connectivity index (χ0v) is 22.3. The van der Waals surface area contributed by atoms with Crippen LogP contribution in [0.3, 0.4) is 0 Å². The summed E-state index contributed by atoms with van der Waals surface area (Å²) < 4.78 is 0. The molecule has 0 aromatic heterocycles. The Morgan fingerprint density at radius 3 is 2.24 bits per heavy atom. The average molecular weight is 473 g/mol. The van der Waals surface area contributed by atoms with Gasteiger partial charge in [0.15, 0.2) is 0 Å². The molecule has 1 amide bonds. The molecule has 5 rings (SSSR count). The van der Waals surface area contributed by atoms with Gasteiger partial charge in [-0.3, -0.25) is 14.5 Å². The molecule has 5 nitrogen and oxygen atoms in total. The highest BCUT2D eigenvalue weighted by Crippen LogP contribution is 2.67. The van der Waals surface area contributed by atoms with Gasteiger partial charge in [-0.25, -0.2) is 0 Å². The summed E-state index contributed by atoms with van der Waals surface area (Å²) in [6, 6.07) is 0. The van der Waals surface area contributed by atoms with Crippen LogP contribution in [-0.4, -0.2) is 64.9 Å². The molecule has 5 heteroatoms. The molecule has 1 saturated heterocycles. The van der Waals surface area contributed by atoms with Crippen molar-refractivity contribution in [1.29, 1.82) is 0 Å². The number of rotatable bonds is 3. The summed E-state index contributed by atoms with van der Waals surface area (Å²) in [7, 11) is 0.